The number of nitrogens with one attached hydrogen (secondary N) is 1. The van der Waals surface area contributed by atoms with Gasteiger partial charge in [-0.15, -0.1) is 0 Å². The van der Waals surface area contributed by atoms with Gasteiger partial charge in [-0.2, -0.15) is 0 Å². The third-order valence-electron chi connectivity index (χ3n) is 5.47. The van der Waals surface area contributed by atoms with Crippen LogP contribution in [-0.2, 0) is 16.0 Å². The first-order chi connectivity index (χ1) is 12.2. The van der Waals surface area contributed by atoms with E-state index in [4.69, 9.17) is 4.74 Å². The van der Waals surface area contributed by atoms with Gasteiger partial charge in [-0.1, -0.05) is 24.6 Å². The molecule has 1 saturated heterocycles. The van der Waals surface area contributed by atoms with Crippen molar-refractivity contribution in [2.24, 2.45) is 5.92 Å². The van der Waals surface area contributed by atoms with Crippen LogP contribution >= 0.6 is 0 Å². The van der Waals surface area contributed by atoms with Crippen LogP contribution in [0.1, 0.15) is 44.1 Å². The van der Waals surface area contributed by atoms with Crippen LogP contribution < -0.4 is 10.1 Å². The van der Waals surface area contributed by atoms with E-state index >= 15 is 0 Å². The number of hydrogen-bond donors (Lipinski definition) is 1. The monoisotopic (exact) mass is 344 g/mol. The van der Waals surface area contributed by atoms with E-state index in [0.29, 0.717) is 12.8 Å². The number of aryl methyl sites for hydroxylation is 1. The number of methoxy groups -OCH3 is 1. The van der Waals surface area contributed by atoms with Gasteiger partial charge in [0.05, 0.1) is 7.11 Å². The number of para-hydroxylation sites is 1. The highest BCUT2D eigenvalue weighted by atomic mass is 16.5. The zero-order valence-corrected chi connectivity index (χ0v) is 15.0. The Labute approximate surface area is 149 Å². The van der Waals surface area contributed by atoms with Crippen molar-refractivity contribution in [3.05, 3.63) is 29.8 Å². The minimum Gasteiger partial charge on any atom is -0.496 e. The van der Waals surface area contributed by atoms with Crippen LogP contribution in [-0.4, -0.2) is 43.0 Å². The predicted molar refractivity (Wildman–Crippen MR) is 96.4 cm³/mol. The molecule has 0 radical (unpaired) electrons. The Morgan fingerprint density at radius 1 is 1.16 bits per heavy atom. The van der Waals surface area contributed by atoms with E-state index in [-0.39, 0.29) is 23.8 Å². The zero-order valence-electron chi connectivity index (χ0n) is 15.0. The number of benzene rings is 1. The molecule has 5 nitrogen and oxygen atoms in total. The van der Waals surface area contributed by atoms with E-state index in [2.05, 4.69) is 5.32 Å². The molecule has 1 saturated carbocycles. The number of piperidine rings is 1. The molecule has 2 aliphatic rings. The van der Waals surface area contributed by atoms with Gasteiger partial charge in [0, 0.05) is 31.5 Å². The van der Waals surface area contributed by atoms with E-state index in [9.17, 15) is 9.59 Å². The first-order valence-electron chi connectivity index (χ1n) is 9.37. The van der Waals surface area contributed by atoms with E-state index in [1.54, 1.807) is 7.11 Å². The number of rotatable bonds is 6. The Balaban J connectivity index is 1.41. The van der Waals surface area contributed by atoms with Gasteiger partial charge in [0.1, 0.15) is 5.75 Å². The molecule has 1 aromatic rings. The number of nitrogens with zero attached hydrogens (tertiary/aromatic N) is 1. The van der Waals surface area contributed by atoms with Crippen molar-refractivity contribution >= 4 is 11.8 Å². The molecule has 1 aliphatic heterocycles. The summed E-state index contributed by atoms with van der Waals surface area (Å²) in [7, 11) is 1.66. The molecule has 0 bridgehead atoms. The van der Waals surface area contributed by atoms with Crippen LogP contribution in [0.25, 0.3) is 0 Å². The van der Waals surface area contributed by atoms with Crippen LogP contribution in [0.4, 0.5) is 0 Å². The average Bonchev–Trinajstić information content (AvgIpc) is 2.59. The molecule has 5 heteroatoms. The van der Waals surface area contributed by atoms with E-state index < -0.39 is 0 Å². The number of likely N-dealkylation sites (tertiary alicyclic amines) is 1. The molecule has 2 fully saturated rings. The van der Waals surface area contributed by atoms with Crippen LogP contribution in [0.3, 0.4) is 0 Å². The maximum Gasteiger partial charge on any atom is 0.223 e. The maximum atomic E-state index is 12.5. The zero-order chi connectivity index (χ0) is 17.6. The minimum absolute atomic E-state index is 0.190. The third-order valence-corrected chi connectivity index (χ3v) is 5.47. The molecule has 25 heavy (non-hydrogen) atoms. The van der Waals surface area contributed by atoms with Crippen LogP contribution in [0.5, 0.6) is 5.75 Å². The number of ether oxygens (including phenoxy) is 1. The highest BCUT2D eigenvalue weighted by Crippen LogP contribution is 2.27. The predicted octanol–water partition coefficient (Wildman–Crippen LogP) is 2.54. The molecular formula is C20H28N2O3. The second kappa shape index (κ2) is 8.37. The molecule has 1 aromatic carbocycles. The lowest BCUT2D eigenvalue weighted by atomic mass is 9.84. The SMILES string of the molecule is COc1ccccc1CCC(=O)N1CCC(NC(=O)C2CCC2)CC1. The molecule has 0 unspecified atom stereocenters. The number of carbonyl (C=O) groups is 2. The Morgan fingerprint density at radius 3 is 2.52 bits per heavy atom. The Hall–Kier alpha value is -2.04. The van der Waals surface area contributed by atoms with Gasteiger partial charge < -0.3 is 15.0 Å². The summed E-state index contributed by atoms with van der Waals surface area (Å²) >= 11 is 0. The largest absolute Gasteiger partial charge is 0.496 e. The van der Waals surface area contributed by atoms with Gasteiger partial charge in [-0.3, -0.25) is 9.59 Å². The Bertz CT molecular complexity index is 605. The lowest BCUT2D eigenvalue weighted by Crippen LogP contribution is -2.48. The lowest BCUT2D eigenvalue weighted by Gasteiger charge is -2.34. The van der Waals surface area contributed by atoms with Crippen molar-refractivity contribution in [3.63, 3.8) is 0 Å². The van der Waals surface area contributed by atoms with Crippen molar-refractivity contribution in [1.29, 1.82) is 0 Å². The van der Waals surface area contributed by atoms with Crippen molar-refractivity contribution < 1.29 is 14.3 Å². The topological polar surface area (TPSA) is 58.6 Å². The van der Waals surface area contributed by atoms with Crippen LogP contribution in [0.15, 0.2) is 24.3 Å². The fourth-order valence-corrected chi connectivity index (χ4v) is 3.57. The molecular weight excluding hydrogens is 316 g/mol. The molecule has 3 rings (SSSR count). The second-order valence-corrected chi connectivity index (χ2v) is 7.10. The quantitative estimate of drug-likeness (QED) is 0.863. The number of hydrogen-bond acceptors (Lipinski definition) is 3. The molecule has 1 aliphatic carbocycles. The van der Waals surface area contributed by atoms with E-state index in [1.807, 2.05) is 29.2 Å². The fourth-order valence-electron chi connectivity index (χ4n) is 3.57. The molecule has 0 aromatic heterocycles. The number of amides is 2. The molecule has 1 heterocycles. The summed E-state index contributed by atoms with van der Waals surface area (Å²) in [5, 5.41) is 3.16. The summed E-state index contributed by atoms with van der Waals surface area (Å²) in [4.78, 5) is 26.4. The fraction of sp³-hybridized carbons (Fsp3) is 0.600. The van der Waals surface area contributed by atoms with E-state index in [1.165, 1.54) is 6.42 Å². The van der Waals surface area contributed by atoms with Gasteiger partial charge in [0.15, 0.2) is 0 Å². The first kappa shape index (κ1) is 17.8. The molecule has 0 atom stereocenters. The second-order valence-electron chi connectivity index (χ2n) is 7.10. The van der Waals surface area contributed by atoms with Crippen molar-refractivity contribution in [2.75, 3.05) is 20.2 Å². The smallest absolute Gasteiger partial charge is 0.223 e. The van der Waals surface area contributed by atoms with E-state index in [0.717, 1.165) is 50.1 Å². The summed E-state index contributed by atoms with van der Waals surface area (Å²) in [5.74, 6) is 1.48. The van der Waals surface area contributed by atoms with Crippen molar-refractivity contribution in [2.45, 2.75) is 51.0 Å². The summed E-state index contributed by atoms with van der Waals surface area (Å²) in [6, 6.07) is 8.07. The van der Waals surface area contributed by atoms with Gasteiger partial charge >= 0.3 is 0 Å². The minimum atomic E-state index is 0.190. The van der Waals surface area contributed by atoms with Crippen molar-refractivity contribution in [3.8, 4) is 5.75 Å². The highest BCUT2D eigenvalue weighted by molar-refractivity contribution is 5.80. The van der Waals surface area contributed by atoms with Crippen molar-refractivity contribution in [1.82, 2.24) is 10.2 Å². The Kier molecular flexibility index (Phi) is 5.95. The summed E-state index contributed by atoms with van der Waals surface area (Å²) < 4.78 is 5.34. The third kappa shape index (κ3) is 4.53. The maximum absolute atomic E-state index is 12.5. The summed E-state index contributed by atoms with van der Waals surface area (Å²) in [5.41, 5.74) is 1.07. The van der Waals surface area contributed by atoms with Gasteiger partial charge in [-0.25, -0.2) is 0 Å². The Morgan fingerprint density at radius 2 is 1.88 bits per heavy atom. The average molecular weight is 344 g/mol. The van der Waals surface area contributed by atoms with Gasteiger partial charge in [0.25, 0.3) is 0 Å². The summed E-state index contributed by atoms with van der Waals surface area (Å²) in [6.07, 6.45) is 6.16. The molecule has 136 valence electrons. The van der Waals surface area contributed by atoms with Crippen LogP contribution in [0, 0.1) is 5.92 Å². The lowest BCUT2D eigenvalue weighted by molar-refractivity contribution is -0.132. The highest BCUT2D eigenvalue weighted by Gasteiger charge is 2.29. The number of carbonyl (C=O) groups excluding carboxylic acids is 2. The normalized spacial score (nSPS) is 18.5. The standard InChI is InChI=1S/C20H28N2O3/c1-25-18-8-3-2-5-15(18)9-10-19(23)22-13-11-17(12-14-22)21-20(24)16-6-4-7-16/h2-3,5,8,16-17H,4,6-7,9-14H2,1H3,(H,21,24). The molecule has 0 spiro atoms. The van der Waals surface area contributed by atoms with Gasteiger partial charge in [0.2, 0.25) is 11.8 Å². The molecule has 2 amide bonds. The van der Waals surface area contributed by atoms with Crippen LogP contribution in [0.2, 0.25) is 0 Å². The van der Waals surface area contributed by atoms with Gasteiger partial charge in [-0.05, 0) is 43.7 Å². The molecule has 1 N–H and O–H groups in total. The first-order valence-corrected chi connectivity index (χ1v) is 9.37. The summed E-state index contributed by atoms with van der Waals surface area (Å²) in [6.45, 7) is 1.47.